The van der Waals surface area contributed by atoms with Gasteiger partial charge in [0.1, 0.15) is 11.5 Å². The SMILES string of the molecule is CCOc1ccc(C(=O)Oc2ccc3ccccc3c2/C=N/NC(=O)C(=O)Nc2cccc3ccccc23)cc1. The van der Waals surface area contributed by atoms with Crippen molar-refractivity contribution < 1.29 is 23.9 Å². The maximum Gasteiger partial charge on any atom is 0.343 e. The molecule has 0 aromatic heterocycles. The lowest BCUT2D eigenvalue weighted by atomic mass is 10.0. The Morgan fingerprint density at radius 1 is 0.750 bits per heavy atom. The summed E-state index contributed by atoms with van der Waals surface area (Å²) in [6.45, 7) is 2.40. The zero-order valence-corrected chi connectivity index (χ0v) is 21.6. The molecule has 0 unspecified atom stereocenters. The van der Waals surface area contributed by atoms with Crippen LogP contribution in [0.15, 0.2) is 108 Å². The van der Waals surface area contributed by atoms with Gasteiger partial charge in [0.15, 0.2) is 0 Å². The van der Waals surface area contributed by atoms with Gasteiger partial charge >= 0.3 is 17.8 Å². The molecule has 5 aromatic carbocycles. The third-order valence-corrected chi connectivity index (χ3v) is 6.14. The molecule has 0 radical (unpaired) electrons. The Morgan fingerprint density at radius 3 is 2.17 bits per heavy atom. The Bertz CT molecular complexity index is 1740. The van der Waals surface area contributed by atoms with Gasteiger partial charge in [0.25, 0.3) is 0 Å². The summed E-state index contributed by atoms with van der Waals surface area (Å²) in [4.78, 5) is 38.0. The van der Waals surface area contributed by atoms with Gasteiger partial charge in [-0.2, -0.15) is 5.10 Å². The molecule has 0 aliphatic carbocycles. The monoisotopic (exact) mass is 531 g/mol. The van der Waals surface area contributed by atoms with Crippen molar-refractivity contribution in [3.63, 3.8) is 0 Å². The Labute approximate surface area is 230 Å². The number of benzene rings is 5. The largest absolute Gasteiger partial charge is 0.494 e. The summed E-state index contributed by atoms with van der Waals surface area (Å²) >= 11 is 0. The van der Waals surface area contributed by atoms with Gasteiger partial charge < -0.3 is 14.8 Å². The number of carbonyl (C=O) groups excluding carboxylic acids is 3. The van der Waals surface area contributed by atoms with Crippen molar-refractivity contribution in [2.45, 2.75) is 6.92 Å². The first-order chi connectivity index (χ1) is 19.5. The smallest absolute Gasteiger partial charge is 0.343 e. The Kier molecular flexibility index (Phi) is 7.78. The molecule has 0 spiro atoms. The van der Waals surface area contributed by atoms with Crippen LogP contribution in [-0.2, 0) is 9.59 Å². The van der Waals surface area contributed by atoms with Gasteiger partial charge in [0, 0.05) is 16.6 Å². The van der Waals surface area contributed by atoms with Crippen LogP contribution in [0.5, 0.6) is 11.5 Å². The van der Waals surface area contributed by atoms with Gasteiger partial charge in [-0.1, -0.05) is 66.7 Å². The number of hydrazone groups is 1. The summed E-state index contributed by atoms with van der Waals surface area (Å²) in [6.07, 6.45) is 1.35. The second kappa shape index (κ2) is 11.9. The first-order valence-electron chi connectivity index (χ1n) is 12.6. The van der Waals surface area contributed by atoms with Crippen molar-refractivity contribution in [3.8, 4) is 11.5 Å². The van der Waals surface area contributed by atoms with Gasteiger partial charge in [0.2, 0.25) is 0 Å². The summed E-state index contributed by atoms with van der Waals surface area (Å²) in [7, 11) is 0. The molecule has 40 heavy (non-hydrogen) atoms. The number of fused-ring (bicyclic) bond motifs is 2. The molecule has 0 saturated carbocycles. The predicted octanol–water partition coefficient (Wildman–Crippen LogP) is 5.70. The normalized spacial score (nSPS) is 10.9. The van der Waals surface area contributed by atoms with Gasteiger partial charge in [-0.3, -0.25) is 9.59 Å². The van der Waals surface area contributed by atoms with E-state index in [0.717, 1.165) is 21.5 Å². The minimum Gasteiger partial charge on any atom is -0.494 e. The van der Waals surface area contributed by atoms with Crippen molar-refractivity contribution in [1.29, 1.82) is 0 Å². The first-order valence-corrected chi connectivity index (χ1v) is 12.6. The third-order valence-electron chi connectivity index (χ3n) is 6.14. The molecule has 0 aliphatic heterocycles. The molecule has 0 fully saturated rings. The molecule has 8 heteroatoms. The first kappa shape index (κ1) is 26.1. The van der Waals surface area contributed by atoms with Crippen molar-refractivity contribution in [3.05, 3.63) is 114 Å². The van der Waals surface area contributed by atoms with Gasteiger partial charge in [-0.25, -0.2) is 10.2 Å². The highest BCUT2D eigenvalue weighted by atomic mass is 16.5. The number of ether oxygens (including phenoxy) is 2. The zero-order valence-electron chi connectivity index (χ0n) is 21.6. The van der Waals surface area contributed by atoms with Crippen LogP contribution in [0.3, 0.4) is 0 Å². The molecule has 2 N–H and O–H groups in total. The number of hydrogen-bond acceptors (Lipinski definition) is 6. The molecule has 8 nitrogen and oxygen atoms in total. The van der Waals surface area contributed by atoms with E-state index in [2.05, 4.69) is 15.8 Å². The quantitative estimate of drug-likeness (QED) is 0.0922. The van der Waals surface area contributed by atoms with Crippen LogP contribution in [-0.4, -0.2) is 30.6 Å². The zero-order chi connectivity index (χ0) is 27.9. The predicted molar refractivity (Wildman–Crippen MR) is 155 cm³/mol. The van der Waals surface area contributed by atoms with E-state index in [0.29, 0.717) is 29.2 Å². The highest BCUT2D eigenvalue weighted by molar-refractivity contribution is 6.40. The van der Waals surface area contributed by atoms with Gasteiger partial charge in [-0.05, 0) is 59.5 Å². The van der Waals surface area contributed by atoms with E-state index in [1.165, 1.54) is 6.21 Å². The van der Waals surface area contributed by atoms with E-state index < -0.39 is 17.8 Å². The van der Waals surface area contributed by atoms with Crippen LogP contribution in [0, 0.1) is 0 Å². The van der Waals surface area contributed by atoms with E-state index in [1.807, 2.05) is 67.6 Å². The molecule has 0 atom stereocenters. The van der Waals surface area contributed by atoms with E-state index >= 15 is 0 Å². The molecule has 5 aromatic rings. The molecule has 5 rings (SSSR count). The number of nitrogens with zero attached hydrogens (tertiary/aromatic N) is 1. The Balaban J connectivity index is 1.33. The standard InChI is InChI=1S/C32H25N3O5/c1-2-39-24-17-14-23(15-18-24)32(38)40-29-19-16-22-9-3-5-11-25(22)27(29)20-33-35-31(37)30(36)34-28-13-7-10-21-8-4-6-12-26(21)28/h3-20H,2H2,1H3,(H,34,36)(H,35,37)/b33-20+. The number of carbonyl (C=O) groups is 3. The van der Waals surface area contributed by atoms with Gasteiger partial charge in [0.05, 0.1) is 18.4 Å². The summed E-state index contributed by atoms with van der Waals surface area (Å²) in [6, 6.07) is 30.5. The van der Waals surface area contributed by atoms with Crippen LogP contribution in [0.1, 0.15) is 22.8 Å². The second-order valence-corrected chi connectivity index (χ2v) is 8.73. The average Bonchev–Trinajstić information content (AvgIpc) is 2.98. The topological polar surface area (TPSA) is 106 Å². The summed E-state index contributed by atoms with van der Waals surface area (Å²) < 4.78 is 11.1. The van der Waals surface area contributed by atoms with E-state index in [-0.39, 0.29) is 5.75 Å². The molecular weight excluding hydrogens is 506 g/mol. The fourth-order valence-electron chi connectivity index (χ4n) is 4.23. The molecule has 2 amide bonds. The van der Waals surface area contributed by atoms with E-state index in [4.69, 9.17) is 9.47 Å². The lowest BCUT2D eigenvalue weighted by Crippen LogP contribution is -2.32. The van der Waals surface area contributed by atoms with E-state index in [9.17, 15) is 14.4 Å². The van der Waals surface area contributed by atoms with Gasteiger partial charge in [-0.15, -0.1) is 0 Å². The second-order valence-electron chi connectivity index (χ2n) is 8.73. The highest BCUT2D eigenvalue weighted by Crippen LogP contribution is 2.28. The van der Waals surface area contributed by atoms with Crippen molar-refractivity contribution in [2.75, 3.05) is 11.9 Å². The molecule has 0 bridgehead atoms. The number of anilines is 1. The number of rotatable bonds is 7. The summed E-state index contributed by atoms with van der Waals surface area (Å²) in [5, 5.41) is 9.99. The molecule has 198 valence electrons. The maximum absolute atomic E-state index is 12.9. The van der Waals surface area contributed by atoms with Crippen molar-refractivity contribution in [2.24, 2.45) is 5.10 Å². The van der Waals surface area contributed by atoms with Crippen LogP contribution >= 0.6 is 0 Å². The third kappa shape index (κ3) is 5.81. The number of hydrogen-bond donors (Lipinski definition) is 2. The molecule has 0 aliphatic rings. The number of amides is 2. The lowest BCUT2D eigenvalue weighted by molar-refractivity contribution is -0.136. The molecular formula is C32H25N3O5. The average molecular weight is 532 g/mol. The lowest BCUT2D eigenvalue weighted by Gasteiger charge is -2.11. The van der Waals surface area contributed by atoms with Crippen molar-refractivity contribution in [1.82, 2.24) is 5.43 Å². The molecule has 0 saturated heterocycles. The number of esters is 1. The van der Waals surface area contributed by atoms with Crippen LogP contribution in [0.4, 0.5) is 5.69 Å². The highest BCUT2D eigenvalue weighted by Gasteiger charge is 2.16. The minimum atomic E-state index is -0.947. The Hall–Kier alpha value is -5.50. The van der Waals surface area contributed by atoms with Crippen LogP contribution in [0.2, 0.25) is 0 Å². The fraction of sp³-hybridized carbons (Fsp3) is 0.0625. The minimum absolute atomic E-state index is 0.246. The van der Waals surface area contributed by atoms with Crippen molar-refractivity contribution >= 4 is 51.2 Å². The maximum atomic E-state index is 12.9. The Morgan fingerprint density at radius 2 is 1.43 bits per heavy atom. The van der Waals surface area contributed by atoms with Crippen LogP contribution < -0.4 is 20.2 Å². The van der Waals surface area contributed by atoms with Crippen LogP contribution in [0.25, 0.3) is 21.5 Å². The molecule has 0 heterocycles. The summed E-state index contributed by atoms with van der Waals surface area (Å²) in [5.41, 5.74) is 3.58. The number of nitrogens with one attached hydrogen (secondary N) is 2. The fourth-order valence-corrected chi connectivity index (χ4v) is 4.23. The summed E-state index contributed by atoms with van der Waals surface area (Å²) in [5.74, 6) is -1.48. The van der Waals surface area contributed by atoms with E-state index in [1.54, 1.807) is 42.5 Å².